The van der Waals surface area contributed by atoms with Crippen molar-refractivity contribution in [2.45, 2.75) is 131 Å². The van der Waals surface area contributed by atoms with Crippen molar-refractivity contribution in [3.05, 3.63) is 35.4 Å². The van der Waals surface area contributed by atoms with Gasteiger partial charge in [0.1, 0.15) is 17.7 Å². The van der Waals surface area contributed by atoms with Crippen molar-refractivity contribution < 1.29 is 19.1 Å². The lowest BCUT2D eigenvalue weighted by molar-refractivity contribution is -0.144. The van der Waals surface area contributed by atoms with Crippen LogP contribution in [-0.2, 0) is 14.3 Å². The van der Waals surface area contributed by atoms with Crippen molar-refractivity contribution >= 4 is 17.9 Å². The summed E-state index contributed by atoms with van der Waals surface area (Å²) >= 11 is 0. The second kappa shape index (κ2) is 15.1. The van der Waals surface area contributed by atoms with Crippen molar-refractivity contribution in [2.24, 2.45) is 5.92 Å². The summed E-state index contributed by atoms with van der Waals surface area (Å²) in [7, 11) is 0. The Morgan fingerprint density at radius 3 is 2.03 bits per heavy atom. The van der Waals surface area contributed by atoms with Gasteiger partial charge in [0, 0.05) is 12.1 Å². The van der Waals surface area contributed by atoms with E-state index in [1.54, 1.807) is 25.7 Å². The van der Waals surface area contributed by atoms with Gasteiger partial charge in [-0.2, -0.15) is 0 Å². The topological polar surface area (TPSA) is 87.7 Å². The van der Waals surface area contributed by atoms with E-state index in [2.05, 4.69) is 17.6 Å². The third-order valence-electron chi connectivity index (χ3n) is 6.18. The molecule has 1 aromatic carbocycles. The number of benzene rings is 1. The monoisotopic (exact) mass is 531 g/mol. The van der Waals surface area contributed by atoms with Crippen LogP contribution >= 0.6 is 0 Å². The number of carbonyl (C=O) groups excluding carboxylic acids is 3. The fraction of sp³-hybridized carbons (Fsp3) is 0.710. The molecule has 0 saturated heterocycles. The molecule has 0 heterocycles. The molecule has 2 N–H and O–H groups in total. The van der Waals surface area contributed by atoms with Crippen LogP contribution in [0.1, 0.15) is 118 Å². The van der Waals surface area contributed by atoms with E-state index in [0.29, 0.717) is 6.54 Å². The average Bonchev–Trinajstić information content (AvgIpc) is 2.77. The molecule has 0 bridgehead atoms. The fourth-order valence-electron chi connectivity index (χ4n) is 4.34. The minimum Gasteiger partial charge on any atom is -0.444 e. The molecular formula is C31H53N3O4. The maximum absolute atomic E-state index is 14.2. The summed E-state index contributed by atoms with van der Waals surface area (Å²) in [6, 6.07) is 6.04. The largest absolute Gasteiger partial charge is 0.444 e. The van der Waals surface area contributed by atoms with Gasteiger partial charge in [-0.1, -0.05) is 77.1 Å². The van der Waals surface area contributed by atoms with Gasteiger partial charge in [0.15, 0.2) is 0 Å². The number of nitrogens with zero attached hydrogens (tertiary/aromatic N) is 1. The van der Waals surface area contributed by atoms with Crippen LogP contribution in [0, 0.1) is 12.8 Å². The van der Waals surface area contributed by atoms with Gasteiger partial charge in [-0.25, -0.2) is 4.79 Å². The molecule has 0 aliphatic carbocycles. The highest BCUT2D eigenvalue weighted by atomic mass is 16.6. The number of aryl methyl sites for hydroxylation is 1. The number of hydrogen-bond acceptors (Lipinski definition) is 4. The Bertz CT molecular complexity index is 899. The molecule has 216 valence electrons. The fourth-order valence-corrected chi connectivity index (χ4v) is 4.34. The summed E-state index contributed by atoms with van der Waals surface area (Å²) in [5.41, 5.74) is 0.555. The molecule has 2 unspecified atom stereocenters. The van der Waals surface area contributed by atoms with Gasteiger partial charge in [-0.15, -0.1) is 0 Å². The lowest BCUT2D eigenvalue weighted by atomic mass is 9.95. The Kier molecular flexibility index (Phi) is 13.3. The van der Waals surface area contributed by atoms with Gasteiger partial charge in [0.05, 0.1) is 0 Å². The maximum Gasteiger partial charge on any atom is 0.408 e. The first-order valence-electron chi connectivity index (χ1n) is 14.2. The minimum atomic E-state index is -0.834. The summed E-state index contributed by atoms with van der Waals surface area (Å²) in [5.74, 6) is -0.715. The highest BCUT2D eigenvalue weighted by Crippen LogP contribution is 2.28. The third-order valence-corrected chi connectivity index (χ3v) is 6.18. The van der Waals surface area contributed by atoms with E-state index in [-0.39, 0.29) is 17.7 Å². The molecule has 2 atom stereocenters. The summed E-state index contributed by atoms with van der Waals surface area (Å²) in [4.78, 5) is 42.4. The van der Waals surface area contributed by atoms with Gasteiger partial charge >= 0.3 is 6.09 Å². The minimum absolute atomic E-state index is 0.203. The SMILES string of the molecule is CCCCCCCCN(C(=O)C(NC(=O)OC(C)(C)C)C(C)C)C(C(=O)NC(C)(C)C)c1ccccc1C. The van der Waals surface area contributed by atoms with E-state index >= 15 is 0 Å². The first kappa shape index (κ1) is 33.5. The summed E-state index contributed by atoms with van der Waals surface area (Å²) in [6.45, 7) is 19.5. The number of carbonyl (C=O) groups is 3. The Hall–Kier alpha value is -2.57. The van der Waals surface area contributed by atoms with Crippen molar-refractivity contribution in [3.8, 4) is 0 Å². The Balaban J connectivity index is 3.46. The van der Waals surface area contributed by atoms with E-state index < -0.39 is 29.3 Å². The summed E-state index contributed by atoms with van der Waals surface area (Å²) in [6.07, 6.45) is 5.70. The molecule has 0 spiro atoms. The van der Waals surface area contributed by atoms with Crippen LogP contribution < -0.4 is 10.6 Å². The predicted molar refractivity (Wildman–Crippen MR) is 155 cm³/mol. The molecule has 0 aliphatic heterocycles. The lowest BCUT2D eigenvalue weighted by Crippen LogP contribution is -2.56. The standard InChI is InChI=1S/C31H53N3O4/c1-11-12-13-14-15-18-21-34(28(36)25(22(2)3)32-29(37)38-31(8,9)10)26(27(35)33-30(5,6)7)24-20-17-16-19-23(24)4/h16-17,19-20,22,25-26H,11-15,18,21H2,1-10H3,(H,32,37)(H,33,35). The molecule has 7 nitrogen and oxygen atoms in total. The molecule has 7 heteroatoms. The van der Waals surface area contributed by atoms with Crippen molar-refractivity contribution in [3.63, 3.8) is 0 Å². The molecule has 0 radical (unpaired) electrons. The molecule has 0 saturated carbocycles. The molecular weight excluding hydrogens is 478 g/mol. The molecule has 1 rings (SSSR count). The average molecular weight is 532 g/mol. The third kappa shape index (κ3) is 11.9. The Morgan fingerprint density at radius 1 is 0.921 bits per heavy atom. The number of nitrogens with one attached hydrogen (secondary N) is 2. The zero-order valence-electron chi connectivity index (χ0n) is 25.6. The second-order valence-electron chi connectivity index (χ2n) is 12.7. The Morgan fingerprint density at radius 2 is 1.50 bits per heavy atom. The molecule has 38 heavy (non-hydrogen) atoms. The van der Waals surface area contributed by atoms with E-state index in [1.165, 1.54) is 12.8 Å². The number of ether oxygens (including phenoxy) is 1. The zero-order chi connectivity index (χ0) is 29.1. The van der Waals surface area contributed by atoms with Gasteiger partial charge < -0.3 is 20.3 Å². The molecule has 1 aromatic rings. The lowest BCUT2D eigenvalue weighted by Gasteiger charge is -2.37. The predicted octanol–water partition coefficient (Wildman–Crippen LogP) is 6.69. The van der Waals surface area contributed by atoms with Gasteiger partial charge in [-0.05, 0) is 71.9 Å². The van der Waals surface area contributed by atoms with E-state index in [4.69, 9.17) is 4.74 Å². The Labute approximate surface area is 231 Å². The number of alkyl carbamates (subject to hydrolysis) is 1. The highest BCUT2D eigenvalue weighted by Gasteiger charge is 2.38. The second-order valence-corrected chi connectivity index (χ2v) is 12.7. The number of rotatable bonds is 13. The summed E-state index contributed by atoms with van der Waals surface area (Å²) in [5, 5.41) is 5.89. The van der Waals surface area contributed by atoms with Crippen LogP contribution in [0.2, 0.25) is 0 Å². The van der Waals surface area contributed by atoms with Gasteiger partial charge in [-0.3, -0.25) is 9.59 Å². The van der Waals surface area contributed by atoms with Crippen LogP contribution in [-0.4, -0.2) is 46.5 Å². The van der Waals surface area contributed by atoms with Crippen molar-refractivity contribution in [2.75, 3.05) is 6.54 Å². The van der Waals surface area contributed by atoms with Crippen molar-refractivity contribution in [1.29, 1.82) is 0 Å². The maximum atomic E-state index is 14.2. The molecule has 0 fully saturated rings. The normalized spacial score (nSPS) is 13.6. The van der Waals surface area contributed by atoms with Crippen LogP contribution in [0.4, 0.5) is 4.79 Å². The molecule has 0 aromatic heterocycles. The van der Waals surface area contributed by atoms with Crippen LogP contribution in [0.3, 0.4) is 0 Å². The summed E-state index contributed by atoms with van der Waals surface area (Å²) < 4.78 is 5.46. The first-order chi connectivity index (χ1) is 17.6. The van der Waals surface area contributed by atoms with E-state index in [9.17, 15) is 14.4 Å². The van der Waals surface area contributed by atoms with Gasteiger partial charge in [0.2, 0.25) is 11.8 Å². The number of unbranched alkanes of at least 4 members (excludes halogenated alkanes) is 5. The van der Waals surface area contributed by atoms with Crippen molar-refractivity contribution in [1.82, 2.24) is 15.5 Å². The first-order valence-corrected chi connectivity index (χ1v) is 14.2. The molecule has 0 aliphatic rings. The zero-order valence-corrected chi connectivity index (χ0v) is 25.6. The van der Waals surface area contributed by atoms with Crippen LogP contribution in [0.15, 0.2) is 24.3 Å². The molecule has 3 amide bonds. The van der Waals surface area contributed by atoms with E-state index in [1.807, 2.05) is 65.8 Å². The number of hydrogen-bond donors (Lipinski definition) is 2. The van der Waals surface area contributed by atoms with Gasteiger partial charge in [0.25, 0.3) is 0 Å². The number of amides is 3. The van der Waals surface area contributed by atoms with Crippen LogP contribution in [0.5, 0.6) is 0 Å². The highest BCUT2D eigenvalue weighted by molar-refractivity contribution is 5.92. The van der Waals surface area contributed by atoms with Crippen LogP contribution in [0.25, 0.3) is 0 Å². The quantitative estimate of drug-likeness (QED) is 0.278. The smallest absolute Gasteiger partial charge is 0.408 e. The van der Waals surface area contributed by atoms with E-state index in [0.717, 1.165) is 36.8 Å².